The number of hydrogen-bond donors (Lipinski definition) is 0. The molecule has 1 aliphatic heterocycles. The average molecular weight is 457 g/mol. The third-order valence-electron chi connectivity index (χ3n) is 6.00. The Kier molecular flexibility index (Phi) is 6.65. The molecule has 3 aromatic carbocycles. The minimum absolute atomic E-state index is 0.547. The quantitative estimate of drug-likeness (QED) is 0.315. The third kappa shape index (κ3) is 5.07. The molecule has 0 atom stereocenters. The smallest absolute Gasteiger partial charge is 0.204 e. The van der Waals surface area contributed by atoms with Gasteiger partial charge >= 0.3 is 0 Å². The van der Waals surface area contributed by atoms with Crippen LogP contribution in [0.1, 0.15) is 24.8 Å². The molecule has 2 heterocycles. The summed E-state index contributed by atoms with van der Waals surface area (Å²) in [5.74, 6) is 1.68. The van der Waals surface area contributed by atoms with Crippen molar-refractivity contribution in [3.05, 3.63) is 95.3 Å². The highest BCUT2D eigenvalue weighted by Gasteiger charge is 2.17. The summed E-state index contributed by atoms with van der Waals surface area (Å²) in [7, 11) is 0. The molecule has 0 bridgehead atoms. The predicted molar refractivity (Wildman–Crippen MR) is 134 cm³/mol. The van der Waals surface area contributed by atoms with Crippen molar-refractivity contribution < 1.29 is 4.74 Å². The Morgan fingerprint density at radius 1 is 0.788 bits per heavy atom. The Bertz CT molecular complexity index is 1230. The average Bonchev–Trinajstić information content (AvgIpc) is 3.20. The topological polar surface area (TPSA) is 35.2 Å². The van der Waals surface area contributed by atoms with Gasteiger partial charge in [0.25, 0.3) is 0 Å². The standard InChI is InChI=1S/C27H28N4OS/c33-27-30(21-29-18-8-3-9-19-29)28-26(31(27)24-12-6-2-7-13-24)23-14-16-25(17-15-23)32-20-22-10-4-1-5-11-22/h1-2,4-7,10-17H,3,8-9,18-21H2. The minimum atomic E-state index is 0.547. The summed E-state index contributed by atoms with van der Waals surface area (Å²) in [4.78, 5) is 2.44. The Hall–Kier alpha value is -3.22. The molecule has 0 amide bonds. The molecule has 0 spiro atoms. The number of piperidine rings is 1. The first-order chi connectivity index (χ1) is 16.3. The molecule has 0 N–H and O–H groups in total. The van der Waals surface area contributed by atoms with Crippen molar-refractivity contribution in [2.75, 3.05) is 13.1 Å². The molecule has 0 unspecified atom stereocenters. The first-order valence-electron chi connectivity index (χ1n) is 11.5. The summed E-state index contributed by atoms with van der Waals surface area (Å²) in [5, 5.41) is 4.97. The van der Waals surface area contributed by atoms with Gasteiger partial charge in [-0.1, -0.05) is 55.0 Å². The Morgan fingerprint density at radius 2 is 1.45 bits per heavy atom. The summed E-state index contributed by atoms with van der Waals surface area (Å²) < 4.78 is 10.7. The highest BCUT2D eigenvalue weighted by molar-refractivity contribution is 7.71. The van der Waals surface area contributed by atoms with Crippen LogP contribution in [0.25, 0.3) is 17.1 Å². The summed E-state index contributed by atoms with van der Waals surface area (Å²) in [6.45, 7) is 3.47. The fraction of sp³-hybridized carbons (Fsp3) is 0.259. The van der Waals surface area contributed by atoms with Gasteiger partial charge in [-0.05, 0) is 80.1 Å². The van der Waals surface area contributed by atoms with E-state index in [9.17, 15) is 0 Å². The van der Waals surface area contributed by atoms with Crippen LogP contribution >= 0.6 is 12.2 Å². The first kappa shape index (κ1) is 21.6. The molecule has 0 radical (unpaired) electrons. The fourth-order valence-electron chi connectivity index (χ4n) is 4.23. The molecule has 1 aliphatic rings. The molecular formula is C27H28N4OS. The highest BCUT2D eigenvalue weighted by Crippen LogP contribution is 2.25. The lowest BCUT2D eigenvalue weighted by atomic mass is 10.1. The van der Waals surface area contributed by atoms with Crippen molar-refractivity contribution in [3.63, 3.8) is 0 Å². The van der Waals surface area contributed by atoms with E-state index in [1.54, 1.807) is 0 Å². The second-order valence-electron chi connectivity index (χ2n) is 8.40. The van der Waals surface area contributed by atoms with E-state index in [2.05, 4.69) is 45.9 Å². The minimum Gasteiger partial charge on any atom is -0.489 e. The van der Waals surface area contributed by atoms with E-state index in [-0.39, 0.29) is 0 Å². The largest absolute Gasteiger partial charge is 0.489 e. The number of para-hydroxylation sites is 1. The van der Waals surface area contributed by atoms with E-state index in [0.29, 0.717) is 11.4 Å². The van der Waals surface area contributed by atoms with Gasteiger partial charge in [-0.3, -0.25) is 9.47 Å². The van der Waals surface area contributed by atoms with Crippen LogP contribution in [0.3, 0.4) is 0 Å². The molecule has 4 aromatic rings. The maximum atomic E-state index is 5.97. The van der Waals surface area contributed by atoms with E-state index >= 15 is 0 Å². The fourth-order valence-corrected chi connectivity index (χ4v) is 4.52. The molecule has 33 heavy (non-hydrogen) atoms. The van der Waals surface area contributed by atoms with Crippen LogP contribution in [0.5, 0.6) is 5.75 Å². The molecule has 1 aromatic heterocycles. The van der Waals surface area contributed by atoms with E-state index in [1.807, 2.05) is 53.2 Å². The number of rotatable bonds is 7. The second kappa shape index (κ2) is 10.1. The Labute approximate surface area is 199 Å². The summed E-state index contributed by atoms with van der Waals surface area (Å²) in [6.07, 6.45) is 3.79. The van der Waals surface area contributed by atoms with Crippen molar-refractivity contribution >= 4 is 12.2 Å². The number of ether oxygens (including phenoxy) is 1. The molecule has 1 fully saturated rings. The van der Waals surface area contributed by atoms with Crippen molar-refractivity contribution in [2.45, 2.75) is 32.5 Å². The lowest BCUT2D eigenvalue weighted by molar-refractivity contribution is 0.172. The number of hydrogen-bond acceptors (Lipinski definition) is 4. The lowest BCUT2D eigenvalue weighted by Gasteiger charge is -2.25. The van der Waals surface area contributed by atoms with Gasteiger partial charge in [0.2, 0.25) is 4.77 Å². The maximum Gasteiger partial charge on any atom is 0.204 e. The summed E-state index contributed by atoms with van der Waals surface area (Å²) >= 11 is 5.90. The first-order valence-corrected chi connectivity index (χ1v) is 11.9. The van der Waals surface area contributed by atoms with Crippen molar-refractivity contribution in [1.82, 2.24) is 19.2 Å². The van der Waals surface area contributed by atoms with Crippen LogP contribution in [0.15, 0.2) is 84.9 Å². The molecule has 1 saturated heterocycles. The molecular weight excluding hydrogens is 428 g/mol. The van der Waals surface area contributed by atoms with E-state index < -0.39 is 0 Å². The summed E-state index contributed by atoms with van der Waals surface area (Å²) in [5.41, 5.74) is 3.18. The molecule has 5 rings (SSSR count). The van der Waals surface area contributed by atoms with Gasteiger partial charge < -0.3 is 4.74 Å². The van der Waals surface area contributed by atoms with Crippen LogP contribution in [-0.4, -0.2) is 32.3 Å². The number of likely N-dealkylation sites (tertiary alicyclic amines) is 1. The van der Waals surface area contributed by atoms with Crippen LogP contribution in [0, 0.1) is 4.77 Å². The molecule has 6 heteroatoms. The molecule has 168 valence electrons. The predicted octanol–water partition coefficient (Wildman–Crippen LogP) is 6.09. The zero-order valence-corrected chi connectivity index (χ0v) is 19.5. The van der Waals surface area contributed by atoms with Crippen molar-refractivity contribution in [2.24, 2.45) is 0 Å². The Morgan fingerprint density at radius 3 is 2.15 bits per heavy atom. The molecule has 0 aliphatic carbocycles. The van der Waals surface area contributed by atoms with Gasteiger partial charge in [-0.2, -0.15) is 0 Å². The van der Waals surface area contributed by atoms with E-state index in [4.69, 9.17) is 22.1 Å². The summed E-state index contributed by atoms with van der Waals surface area (Å²) in [6, 6.07) is 28.5. The van der Waals surface area contributed by atoms with Gasteiger partial charge in [-0.25, -0.2) is 4.68 Å². The molecule has 0 saturated carbocycles. The van der Waals surface area contributed by atoms with E-state index in [1.165, 1.54) is 19.3 Å². The normalized spacial score (nSPS) is 14.3. The Balaban J connectivity index is 1.43. The SMILES string of the molecule is S=c1n(CN2CCCCC2)nc(-c2ccc(OCc3ccccc3)cc2)n1-c1ccccc1. The lowest BCUT2D eigenvalue weighted by Crippen LogP contribution is -2.32. The number of aromatic nitrogens is 3. The van der Waals surface area contributed by atoms with Crippen molar-refractivity contribution in [3.8, 4) is 22.8 Å². The van der Waals surface area contributed by atoms with E-state index in [0.717, 1.165) is 48.1 Å². The number of benzene rings is 3. The van der Waals surface area contributed by atoms with Crippen LogP contribution in [-0.2, 0) is 13.3 Å². The maximum absolute atomic E-state index is 5.97. The van der Waals surface area contributed by atoms with Crippen molar-refractivity contribution in [1.29, 1.82) is 0 Å². The zero-order valence-electron chi connectivity index (χ0n) is 18.6. The zero-order chi connectivity index (χ0) is 22.5. The van der Waals surface area contributed by atoms with Crippen LogP contribution < -0.4 is 4.74 Å². The molecule has 5 nitrogen and oxygen atoms in total. The number of nitrogens with zero attached hydrogens (tertiary/aromatic N) is 4. The van der Waals surface area contributed by atoms with Gasteiger partial charge in [0, 0.05) is 11.3 Å². The third-order valence-corrected chi connectivity index (χ3v) is 6.39. The second-order valence-corrected chi connectivity index (χ2v) is 8.76. The van der Waals surface area contributed by atoms with Crippen LogP contribution in [0.2, 0.25) is 0 Å². The van der Waals surface area contributed by atoms with Gasteiger partial charge in [0.1, 0.15) is 12.4 Å². The van der Waals surface area contributed by atoms with Crippen LogP contribution in [0.4, 0.5) is 0 Å². The monoisotopic (exact) mass is 456 g/mol. The van der Waals surface area contributed by atoms with Gasteiger partial charge in [-0.15, -0.1) is 5.10 Å². The van der Waals surface area contributed by atoms with Gasteiger partial charge in [0.05, 0.1) is 6.67 Å². The van der Waals surface area contributed by atoms with Gasteiger partial charge in [0.15, 0.2) is 5.82 Å². The highest BCUT2D eigenvalue weighted by atomic mass is 32.1.